The number of rotatable bonds is 4. The SMILES string of the molecule is COC(=O)c1cc(-c2ccccc2)sc1NC(=S)N1CCN(c2ccccc2F)CC1. The molecule has 160 valence electrons. The van der Waals surface area contributed by atoms with Gasteiger partial charge in [-0.15, -0.1) is 11.3 Å². The van der Waals surface area contributed by atoms with Crippen molar-refractivity contribution >= 4 is 45.3 Å². The molecule has 31 heavy (non-hydrogen) atoms. The lowest BCUT2D eigenvalue weighted by atomic mass is 10.1. The standard InChI is InChI=1S/C23H22FN3O2S2/c1-29-22(28)17-15-20(16-7-3-2-4-8-16)31-21(17)25-23(30)27-13-11-26(12-14-27)19-10-6-5-9-18(19)24/h2-10,15H,11-14H2,1H3,(H,25,30). The second-order valence-electron chi connectivity index (χ2n) is 7.07. The Hall–Kier alpha value is -2.97. The summed E-state index contributed by atoms with van der Waals surface area (Å²) >= 11 is 7.08. The number of hydrogen-bond donors (Lipinski definition) is 1. The lowest BCUT2D eigenvalue weighted by Gasteiger charge is -2.37. The summed E-state index contributed by atoms with van der Waals surface area (Å²) in [5, 5.41) is 4.44. The number of para-hydroxylation sites is 1. The molecule has 0 unspecified atom stereocenters. The summed E-state index contributed by atoms with van der Waals surface area (Å²) < 4.78 is 19.0. The number of thiophene rings is 1. The van der Waals surface area contributed by atoms with E-state index in [2.05, 4.69) is 5.32 Å². The van der Waals surface area contributed by atoms with Crippen LogP contribution in [0.5, 0.6) is 0 Å². The first-order valence-electron chi connectivity index (χ1n) is 9.90. The highest BCUT2D eigenvalue weighted by Crippen LogP contribution is 2.36. The van der Waals surface area contributed by atoms with E-state index in [-0.39, 0.29) is 5.82 Å². The second kappa shape index (κ2) is 9.45. The van der Waals surface area contributed by atoms with Gasteiger partial charge in [-0.3, -0.25) is 0 Å². The molecule has 0 atom stereocenters. The molecule has 1 aliphatic rings. The van der Waals surface area contributed by atoms with Crippen LogP contribution in [0.4, 0.5) is 15.1 Å². The Morgan fingerprint density at radius 2 is 1.74 bits per heavy atom. The molecule has 5 nitrogen and oxygen atoms in total. The van der Waals surface area contributed by atoms with E-state index in [4.69, 9.17) is 17.0 Å². The molecule has 1 N–H and O–H groups in total. The zero-order valence-corrected chi connectivity index (χ0v) is 18.6. The summed E-state index contributed by atoms with van der Waals surface area (Å²) in [5.41, 5.74) is 2.09. The van der Waals surface area contributed by atoms with Crippen LogP contribution in [-0.2, 0) is 4.74 Å². The number of nitrogens with one attached hydrogen (secondary N) is 1. The average Bonchev–Trinajstić information content (AvgIpc) is 3.23. The fraction of sp³-hybridized carbons (Fsp3) is 0.217. The average molecular weight is 456 g/mol. The molecular weight excluding hydrogens is 433 g/mol. The zero-order chi connectivity index (χ0) is 21.8. The number of benzene rings is 2. The fourth-order valence-electron chi connectivity index (χ4n) is 3.52. The lowest BCUT2D eigenvalue weighted by molar-refractivity contribution is 0.0602. The zero-order valence-electron chi connectivity index (χ0n) is 17.0. The highest BCUT2D eigenvalue weighted by atomic mass is 32.1. The van der Waals surface area contributed by atoms with Crippen molar-refractivity contribution in [1.29, 1.82) is 0 Å². The third-order valence-electron chi connectivity index (χ3n) is 5.18. The number of ether oxygens (including phenoxy) is 1. The van der Waals surface area contributed by atoms with Crippen LogP contribution < -0.4 is 10.2 Å². The van der Waals surface area contributed by atoms with Gasteiger partial charge in [0, 0.05) is 31.1 Å². The molecule has 0 aliphatic carbocycles. The van der Waals surface area contributed by atoms with Gasteiger partial charge in [0.25, 0.3) is 0 Å². The van der Waals surface area contributed by atoms with Crippen LogP contribution in [0.1, 0.15) is 10.4 Å². The molecular formula is C23H22FN3O2S2. The maximum absolute atomic E-state index is 14.1. The van der Waals surface area contributed by atoms with Crippen LogP contribution in [0.2, 0.25) is 0 Å². The molecule has 1 fully saturated rings. The Morgan fingerprint density at radius 1 is 1.06 bits per heavy atom. The molecule has 3 aromatic rings. The van der Waals surface area contributed by atoms with Crippen molar-refractivity contribution in [2.24, 2.45) is 0 Å². The van der Waals surface area contributed by atoms with Crippen molar-refractivity contribution in [2.45, 2.75) is 0 Å². The van der Waals surface area contributed by atoms with Crippen LogP contribution in [-0.4, -0.2) is 49.3 Å². The van der Waals surface area contributed by atoms with E-state index in [0.717, 1.165) is 10.4 Å². The van der Waals surface area contributed by atoms with E-state index < -0.39 is 5.97 Å². The Labute approximate surface area is 190 Å². The molecule has 2 aromatic carbocycles. The van der Waals surface area contributed by atoms with Crippen molar-refractivity contribution < 1.29 is 13.9 Å². The molecule has 0 amide bonds. The Balaban J connectivity index is 1.47. The van der Waals surface area contributed by atoms with Crippen LogP contribution >= 0.6 is 23.6 Å². The van der Waals surface area contributed by atoms with E-state index in [9.17, 15) is 9.18 Å². The predicted octanol–water partition coefficient (Wildman–Crippen LogP) is 4.86. The summed E-state index contributed by atoms with van der Waals surface area (Å²) in [6.07, 6.45) is 0. The Kier molecular flexibility index (Phi) is 6.48. The predicted molar refractivity (Wildman–Crippen MR) is 128 cm³/mol. The van der Waals surface area contributed by atoms with E-state index >= 15 is 0 Å². The summed E-state index contributed by atoms with van der Waals surface area (Å²) in [5.74, 6) is -0.625. The van der Waals surface area contributed by atoms with Gasteiger partial charge in [0.15, 0.2) is 5.11 Å². The van der Waals surface area contributed by atoms with Crippen LogP contribution in [0, 0.1) is 5.82 Å². The van der Waals surface area contributed by atoms with Gasteiger partial charge in [0.05, 0.1) is 18.4 Å². The number of methoxy groups -OCH3 is 1. The third kappa shape index (κ3) is 4.70. The number of anilines is 2. The highest BCUT2D eigenvalue weighted by Gasteiger charge is 2.23. The first-order chi connectivity index (χ1) is 15.1. The van der Waals surface area contributed by atoms with Crippen molar-refractivity contribution in [3.05, 3.63) is 72.0 Å². The van der Waals surface area contributed by atoms with Crippen molar-refractivity contribution in [2.75, 3.05) is 43.5 Å². The summed E-state index contributed by atoms with van der Waals surface area (Å²) in [6, 6.07) is 18.5. The summed E-state index contributed by atoms with van der Waals surface area (Å²) in [4.78, 5) is 17.3. The number of carbonyl (C=O) groups is 1. The topological polar surface area (TPSA) is 44.8 Å². The van der Waals surface area contributed by atoms with E-state index in [1.807, 2.05) is 52.3 Å². The van der Waals surface area contributed by atoms with E-state index in [0.29, 0.717) is 47.5 Å². The van der Waals surface area contributed by atoms with Crippen molar-refractivity contribution in [3.8, 4) is 10.4 Å². The van der Waals surface area contributed by atoms with Crippen molar-refractivity contribution in [1.82, 2.24) is 4.90 Å². The number of halogens is 1. The number of hydrogen-bond acceptors (Lipinski definition) is 5. The summed E-state index contributed by atoms with van der Waals surface area (Å²) in [6.45, 7) is 2.63. The number of esters is 1. The minimum absolute atomic E-state index is 0.216. The molecule has 1 saturated heterocycles. The van der Waals surface area contributed by atoms with Gasteiger partial charge in [-0.1, -0.05) is 42.5 Å². The summed E-state index contributed by atoms with van der Waals surface area (Å²) in [7, 11) is 1.37. The minimum Gasteiger partial charge on any atom is -0.465 e. The molecule has 0 bridgehead atoms. The smallest absolute Gasteiger partial charge is 0.340 e. The van der Waals surface area contributed by atoms with Gasteiger partial charge in [-0.2, -0.15) is 0 Å². The second-order valence-corrected chi connectivity index (χ2v) is 8.51. The minimum atomic E-state index is -0.409. The highest BCUT2D eigenvalue weighted by molar-refractivity contribution is 7.80. The van der Waals surface area contributed by atoms with Gasteiger partial charge < -0.3 is 19.9 Å². The molecule has 0 radical (unpaired) electrons. The first kappa shape index (κ1) is 21.3. The number of thiocarbonyl (C=S) groups is 1. The Morgan fingerprint density at radius 3 is 2.42 bits per heavy atom. The van der Waals surface area contributed by atoms with Crippen LogP contribution in [0.15, 0.2) is 60.7 Å². The number of piperazine rings is 1. The van der Waals surface area contributed by atoms with Crippen LogP contribution in [0.25, 0.3) is 10.4 Å². The van der Waals surface area contributed by atoms with Crippen LogP contribution in [0.3, 0.4) is 0 Å². The number of carbonyl (C=O) groups excluding carboxylic acids is 1. The van der Waals surface area contributed by atoms with Gasteiger partial charge in [0.2, 0.25) is 0 Å². The quantitative estimate of drug-likeness (QED) is 0.448. The monoisotopic (exact) mass is 455 g/mol. The van der Waals surface area contributed by atoms with Gasteiger partial charge >= 0.3 is 5.97 Å². The fourth-order valence-corrected chi connectivity index (χ4v) is 4.92. The molecule has 1 aliphatic heterocycles. The maximum Gasteiger partial charge on any atom is 0.340 e. The maximum atomic E-state index is 14.1. The lowest BCUT2D eigenvalue weighted by Crippen LogP contribution is -2.50. The molecule has 0 saturated carbocycles. The van der Waals surface area contributed by atoms with E-state index in [1.54, 1.807) is 12.1 Å². The number of nitrogens with zero attached hydrogens (tertiary/aromatic N) is 2. The van der Waals surface area contributed by atoms with Gasteiger partial charge in [-0.05, 0) is 36.0 Å². The molecule has 1 aromatic heterocycles. The molecule has 8 heteroatoms. The van der Waals surface area contributed by atoms with Crippen molar-refractivity contribution in [3.63, 3.8) is 0 Å². The largest absolute Gasteiger partial charge is 0.465 e. The van der Waals surface area contributed by atoms with E-state index in [1.165, 1.54) is 24.5 Å². The normalized spacial score (nSPS) is 13.7. The molecule has 0 spiro atoms. The molecule has 4 rings (SSSR count). The van der Waals surface area contributed by atoms with Gasteiger partial charge in [-0.25, -0.2) is 9.18 Å². The molecule has 2 heterocycles. The first-order valence-corrected chi connectivity index (χ1v) is 11.1. The third-order valence-corrected chi connectivity index (χ3v) is 6.64. The van der Waals surface area contributed by atoms with Gasteiger partial charge in [0.1, 0.15) is 10.8 Å². The Bertz CT molecular complexity index is 1080.